The standard InChI is InChI=1S/C31H33FN2O5/c1-29(2,3)38-27(36)33-25(20-13-9-7-10-14-20)31(21-15-11-8-12-16-21)23-19-22(32)17-18-24(23)34(26(31)35)28(37)39-30(4,5)6/h7-19,25H,1-6H3,(H,33,36)/t25-,31?/m0/s1. The van der Waals surface area contributed by atoms with Crippen LogP contribution in [0.5, 0.6) is 0 Å². The Morgan fingerprint density at radius 1 is 0.846 bits per heavy atom. The third-order valence-electron chi connectivity index (χ3n) is 6.20. The van der Waals surface area contributed by atoms with Gasteiger partial charge in [-0.3, -0.25) is 4.79 Å². The molecule has 0 saturated heterocycles. The number of halogens is 1. The van der Waals surface area contributed by atoms with Crippen molar-refractivity contribution in [1.82, 2.24) is 5.32 Å². The summed E-state index contributed by atoms with van der Waals surface area (Å²) in [5.74, 6) is -1.29. The molecule has 1 heterocycles. The Bertz CT molecular complexity index is 1380. The Balaban J connectivity index is 2.03. The Hall–Kier alpha value is -4.20. The number of hydrogen-bond donors (Lipinski definition) is 1. The van der Waals surface area contributed by atoms with E-state index in [-0.39, 0.29) is 11.3 Å². The minimum absolute atomic E-state index is 0.173. The molecule has 0 fully saturated rings. The number of nitrogens with zero attached hydrogens (tertiary/aromatic N) is 1. The number of nitrogens with one attached hydrogen (secondary N) is 1. The van der Waals surface area contributed by atoms with E-state index in [1.807, 2.05) is 0 Å². The first-order chi connectivity index (χ1) is 18.2. The first-order valence-electron chi connectivity index (χ1n) is 12.7. The van der Waals surface area contributed by atoms with Crippen molar-refractivity contribution in [3.8, 4) is 0 Å². The van der Waals surface area contributed by atoms with Gasteiger partial charge in [0.05, 0.1) is 11.7 Å². The first kappa shape index (κ1) is 27.8. The number of anilines is 1. The van der Waals surface area contributed by atoms with Crippen molar-refractivity contribution in [2.45, 2.75) is 64.2 Å². The summed E-state index contributed by atoms with van der Waals surface area (Å²) in [5.41, 5.74) is -2.06. The van der Waals surface area contributed by atoms with E-state index >= 15 is 0 Å². The molecular weight excluding hydrogens is 499 g/mol. The van der Waals surface area contributed by atoms with Crippen molar-refractivity contribution in [3.05, 3.63) is 101 Å². The highest BCUT2D eigenvalue weighted by atomic mass is 19.1. The van der Waals surface area contributed by atoms with Gasteiger partial charge in [-0.2, -0.15) is 0 Å². The zero-order valence-corrected chi connectivity index (χ0v) is 22.9. The average Bonchev–Trinajstić information content (AvgIpc) is 3.09. The number of carbonyl (C=O) groups is 3. The number of benzene rings is 3. The van der Waals surface area contributed by atoms with E-state index in [9.17, 15) is 18.8 Å². The number of alkyl carbamates (subject to hydrolysis) is 1. The molecule has 204 valence electrons. The second-order valence-corrected chi connectivity index (χ2v) is 11.4. The summed E-state index contributed by atoms with van der Waals surface area (Å²) in [6.45, 7) is 10.3. The van der Waals surface area contributed by atoms with Gasteiger partial charge in [0.2, 0.25) is 0 Å². The fraction of sp³-hybridized carbons (Fsp3) is 0.323. The highest BCUT2D eigenvalue weighted by molar-refractivity contribution is 6.23. The van der Waals surface area contributed by atoms with Crippen LogP contribution in [-0.2, 0) is 19.7 Å². The summed E-state index contributed by atoms with van der Waals surface area (Å²) in [6.07, 6.45) is -1.67. The highest BCUT2D eigenvalue weighted by Crippen LogP contribution is 2.53. The molecule has 0 spiro atoms. The predicted molar refractivity (Wildman–Crippen MR) is 146 cm³/mol. The Kier molecular flexibility index (Phi) is 7.25. The van der Waals surface area contributed by atoms with Gasteiger partial charge in [0, 0.05) is 5.56 Å². The number of rotatable bonds is 4. The summed E-state index contributed by atoms with van der Waals surface area (Å²) >= 11 is 0. The Morgan fingerprint density at radius 3 is 1.97 bits per heavy atom. The fourth-order valence-corrected chi connectivity index (χ4v) is 4.85. The predicted octanol–water partition coefficient (Wildman–Crippen LogP) is 6.66. The summed E-state index contributed by atoms with van der Waals surface area (Å²) in [6, 6.07) is 20.3. The van der Waals surface area contributed by atoms with Gasteiger partial charge in [-0.25, -0.2) is 18.9 Å². The van der Waals surface area contributed by atoms with Crippen LogP contribution in [0.3, 0.4) is 0 Å². The Morgan fingerprint density at radius 2 is 1.41 bits per heavy atom. The number of carbonyl (C=O) groups excluding carboxylic acids is 3. The van der Waals surface area contributed by atoms with Crippen molar-refractivity contribution in [3.63, 3.8) is 0 Å². The van der Waals surface area contributed by atoms with Gasteiger partial charge in [-0.05, 0) is 70.9 Å². The molecule has 0 radical (unpaired) electrons. The zero-order valence-electron chi connectivity index (χ0n) is 22.9. The van der Waals surface area contributed by atoms with E-state index in [1.54, 1.807) is 102 Å². The van der Waals surface area contributed by atoms with Crippen LogP contribution in [-0.4, -0.2) is 29.3 Å². The van der Waals surface area contributed by atoms with Gasteiger partial charge in [-0.15, -0.1) is 0 Å². The molecule has 8 heteroatoms. The molecule has 3 aromatic carbocycles. The van der Waals surface area contributed by atoms with Crippen LogP contribution in [0.1, 0.15) is 64.3 Å². The molecule has 3 amide bonds. The molecule has 2 atom stereocenters. The number of fused-ring (bicyclic) bond motifs is 1. The summed E-state index contributed by atoms with van der Waals surface area (Å²) in [5, 5.41) is 2.89. The van der Waals surface area contributed by atoms with Crippen LogP contribution >= 0.6 is 0 Å². The maximum Gasteiger partial charge on any atom is 0.421 e. The average molecular weight is 533 g/mol. The van der Waals surface area contributed by atoms with Crippen LogP contribution < -0.4 is 10.2 Å². The first-order valence-corrected chi connectivity index (χ1v) is 12.7. The third-order valence-corrected chi connectivity index (χ3v) is 6.20. The minimum atomic E-state index is -1.74. The molecular formula is C31H33FN2O5. The topological polar surface area (TPSA) is 84.9 Å². The molecule has 3 aromatic rings. The SMILES string of the molecule is CC(C)(C)OC(=O)N[C@@H](c1ccccc1)C1(c2ccccc2)C(=O)N(C(=O)OC(C)(C)C)c2ccc(F)cc21. The van der Waals surface area contributed by atoms with Gasteiger partial charge in [0.25, 0.3) is 5.91 Å². The van der Waals surface area contributed by atoms with Crippen LogP contribution in [0.25, 0.3) is 0 Å². The van der Waals surface area contributed by atoms with E-state index < -0.39 is 46.6 Å². The lowest BCUT2D eigenvalue weighted by Gasteiger charge is -2.38. The minimum Gasteiger partial charge on any atom is -0.444 e. The molecule has 1 N–H and O–H groups in total. The second kappa shape index (κ2) is 10.2. The Labute approximate surface area is 227 Å². The highest BCUT2D eigenvalue weighted by Gasteiger charge is 2.60. The van der Waals surface area contributed by atoms with Crippen molar-refractivity contribution >= 4 is 23.8 Å². The van der Waals surface area contributed by atoms with Gasteiger partial charge in [0.1, 0.15) is 22.4 Å². The normalized spacial score (nSPS) is 17.8. The zero-order chi connectivity index (χ0) is 28.6. The van der Waals surface area contributed by atoms with E-state index in [1.165, 1.54) is 18.2 Å². The van der Waals surface area contributed by atoms with Crippen molar-refractivity contribution < 1.29 is 28.2 Å². The molecule has 1 aliphatic heterocycles. The maximum absolute atomic E-state index is 14.9. The van der Waals surface area contributed by atoms with Gasteiger partial charge in [0.15, 0.2) is 0 Å². The maximum atomic E-state index is 14.9. The second-order valence-electron chi connectivity index (χ2n) is 11.4. The van der Waals surface area contributed by atoms with Crippen LogP contribution in [0.15, 0.2) is 78.9 Å². The molecule has 4 rings (SSSR count). The lowest BCUT2D eigenvalue weighted by molar-refractivity contribution is -0.122. The summed E-state index contributed by atoms with van der Waals surface area (Å²) in [7, 11) is 0. The van der Waals surface area contributed by atoms with Crippen molar-refractivity contribution in [2.75, 3.05) is 4.90 Å². The number of ether oxygens (including phenoxy) is 2. The molecule has 1 aliphatic rings. The summed E-state index contributed by atoms with van der Waals surface area (Å²) < 4.78 is 26.1. The number of amides is 3. The van der Waals surface area contributed by atoms with E-state index in [4.69, 9.17) is 9.47 Å². The molecule has 0 aromatic heterocycles. The lowest BCUT2D eigenvalue weighted by atomic mass is 9.67. The molecule has 0 aliphatic carbocycles. The van der Waals surface area contributed by atoms with Gasteiger partial charge >= 0.3 is 12.2 Å². The smallest absolute Gasteiger partial charge is 0.421 e. The fourth-order valence-electron chi connectivity index (χ4n) is 4.85. The van der Waals surface area contributed by atoms with E-state index in [2.05, 4.69) is 5.32 Å². The monoisotopic (exact) mass is 532 g/mol. The third kappa shape index (κ3) is 5.50. The van der Waals surface area contributed by atoms with Crippen LogP contribution in [0, 0.1) is 5.82 Å². The van der Waals surface area contributed by atoms with Crippen molar-refractivity contribution in [2.24, 2.45) is 0 Å². The molecule has 1 unspecified atom stereocenters. The molecule has 7 nitrogen and oxygen atoms in total. The van der Waals surface area contributed by atoms with Gasteiger partial charge in [-0.1, -0.05) is 60.7 Å². The quantitative estimate of drug-likeness (QED) is 0.406. The van der Waals surface area contributed by atoms with Crippen molar-refractivity contribution in [1.29, 1.82) is 0 Å². The van der Waals surface area contributed by atoms with Crippen LogP contribution in [0.4, 0.5) is 19.7 Å². The van der Waals surface area contributed by atoms with Crippen LogP contribution in [0.2, 0.25) is 0 Å². The van der Waals surface area contributed by atoms with Gasteiger partial charge < -0.3 is 14.8 Å². The van der Waals surface area contributed by atoms with E-state index in [0.717, 1.165) is 4.90 Å². The number of imide groups is 1. The molecule has 0 saturated carbocycles. The molecule has 39 heavy (non-hydrogen) atoms. The summed E-state index contributed by atoms with van der Waals surface area (Å²) in [4.78, 5) is 42.4. The lowest BCUT2D eigenvalue weighted by Crippen LogP contribution is -2.53. The molecule has 0 bridgehead atoms. The number of hydrogen-bond acceptors (Lipinski definition) is 5. The largest absolute Gasteiger partial charge is 0.444 e. The van der Waals surface area contributed by atoms with E-state index in [0.29, 0.717) is 11.1 Å².